The van der Waals surface area contributed by atoms with E-state index in [0.717, 1.165) is 31.6 Å². The summed E-state index contributed by atoms with van der Waals surface area (Å²) in [5.74, 6) is -1.17. The topological polar surface area (TPSA) is 92.7 Å². The highest BCUT2D eigenvalue weighted by atomic mass is 19.1. The van der Waals surface area contributed by atoms with Gasteiger partial charge in [-0.1, -0.05) is 0 Å². The molecule has 1 aromatic carbocycles. The smallest absolute Gasteiger partial charge is 0.337 e. The monoisotopic (exact) mass is 498 g/mol. The molecule has 4 aliphatic rings. The highest BCUT2D eigenvalue weighted by Crippen LogP contribution is 2.31. The number of aromatic nitrogens is 2. The molecule has 10 nitrogen and oxygen atoms in total. The normalized spacial score (nSPS) is 23.2. The maximum absolute atomic E-state index is 14.6. The molecule has 6 rings (SSSR count). The minimum absolute atomic E-state index is 0.0479. The van der Waals surface area contributed by atoms with Gasteiger partial charge in [0.1, 0.15) is 11.6 Å². The molecule has 0 spiro atoms. The van der Waals surface area contributed by atoms with Crippen molar-refractivity contribution in [3.8, 4) is 0 Å². The minimum atomic E-state index is -0.700. The fourth-order valence-corrected chi connectivity index (χ4v) is 5.03. The van der Waals surface area contributed by atoms with Crippen molar-refractivity contribution in [1.29, 1.82) is 0 Å². The van der Waals surface area contributed by atoms with Crippen molar-refractivity contribution in [2.75, 3.05) is 37.6 Å². The number of nitrogens with zero attached hydrogens (tertiary/aromatic N) is 9. The Labute approximate surface area is 204 Å². The first-order valence-electron chi connectivity index (χ1n) is 11.9. The summed E-state index contributed by atoms with van der Waals surface area (Å²) < 4.78 is 44.0. The standard InChI is InChI=1S/C23H23F3N9O/c24-15-10-14(11-16(25)12-15)18-3-4-28-35(18)23(36)33-8-6-32(7-9-33)22-27-13-17(26)20(29-22)21-31-30-19-2-1-5-34(19)21/h4,10-13,18-19H,1-3,5-9H2/q+1/t18-,19?/m0/s1. The summed E-state index contributed by atoms with van der Waals surface area (Å²) >= 11 is 0. The van der Waals surface area contributed by atoms with Gasteiger partial charge in [-0.25, -0.2) is 37.5 Å². The van der Waals surface area contributed by atoms with Gasteiger partial charge in [-0.15, -0.1) is 0 Å². The summed E-state index contributed by atoms with van der Waals surface area (Å²) in [5.41, 5.74) is 0.481. The van der Waals surface area contributed by atoms with Crippen molar-refractivity contribution in [3.63, 3.8) is 0 Å². The molecular weight excluding hydrogens is 475 g/mol. The number of hydrogen-bond donors (Lipinski definition) is 0. The van der Waals surface area contributed by atoms with Gasteiger partial charge < -0.3 is 9.80 Å². The van der Waals surface area contributed by atoms with Crippen LogP contribution in [-0.4, -0.2) is 81.4 Å². The second-order valence-electron chi connectivity index (χ2n) is 9.08. The molecule has 2 aromatic rings. The minimum Gasteiger partial charge on any atom is -0.337 e. The molecule has 186 valence electrons. The lowest BCUT2D eigenvalue weighted by molar-refractivity contribution is -0.536. The second kappa shape index (κ2) is 8.95. The molecule has 2 amide bonds. The number of amides is 2. The molecule has 0 aliphatic carbocycles. The van der Waals surface area contributed by atoms with Crippen molar-refractivity contribution < 1.29 is 22.5 Å². The molecule has 1 aromatic heterocycles. The van der Waals surface area contributed by atoms with Gasteiger partial charge in [-0.3, -0.25) is 0 Å². The third-order valence-electron chi connectivity index (χ3n) is 6.85. The first-order valence-corrected chi connectivity index (χ1v) is 11.9. The van der Waals surface area contributed by atoms with Crippen LogP contribution in [0, 0.1) is 17.5 Å². The van der Waals surface area contributed by atoms with Crippen LogP contribution in [0.15, 0.2) is 39.7 Å². The molecule has 4 aliphatic heterocycles. The van der Waals surface area contributed by atoms with E-state index in [2.05, 4.69) is 25.3 Å². The molecule has 13 heteroatoms. The van der Waals surface area contributed by atoms with E-state index in [4.69, 9.17) is 0 Å². The molecule has 36 heavy (non-hydrogen) atoms. The predicted molar refractivity (Wildman–Crippen MR) is 122 cm³/mol. The van der Waals surface area contributed by atoms with Gasteiger partial charge in [0.05, 0.1) is 23.9 Å². The molecule has 0 N–H and O–H groups in total. The van der Waals surface area contributed by atoms with Gasteiger partial charge >= 0.3 is 11.9 Å². The number of piperazine rings is 1. The summed E-state index contributed by atoms with van der Waals surface area (Å²) in [4.78, 5) is 25.3. The zero-order valence-electron chi connectivity index (χ0n) is 19.3. The SMILES string of the molecule is O=C(N1CCN(c2ncc(F)c(C3=[N+]4CCCC4N=N3)n2)CC1)N1N=CC[C@H]1c1cc(F)cc(F)c1. The number of amidine groups is 1. The highest BCUT2D eigenvalue weighted by Gasteiger charge is 2.39. The lowest BCUT2D eigenvalue weighted by Crippen LogP contribution is -2.52. The van der Waals surface area contributed by atoms with Gasteiger partial charge in [0.25, 0.3) is 0 Å². The van der Waals surface area contributed by atoms with Crippen molar-refractivity contribution in [2.45, 2.75) is 31.5 Å². The van der Waals surface area contributed by atoms with E-state index < -0.39 is 23.5 Å². The first kappa shape index (κ1) is 22.6. The fraction of sp³-hybridized carbons (Fsp3) is 0.435. The van der Waals surface area contributed by atoms with E-state index in [1.807, 2.05) is 9.48 Å². The number of azo groups is 1. The Balaban J connectivity index is 1.15. The van der Waals surface area contributed by atoms with Crippen LogP contribution < -0.4 is 4.90 Å². The van der Waals surface area contributed by atoms with Gasteiger partial charge in [0.2, 0.25) is 12.1 Å². The van der Waals surface area contributed by atoms with Crippen LogP contribution in [0.4, 0.5) is 23.9 Å². The van der Waals surface area contributed by atoms with Crippen LogP contribution in [0.1, 0.15) is 36.6 Å². The van der Waals surface area contributed by atoms with Gasteiger partial charge in [-0.05, 0) is 29.2 Å². The van der Waals surface area contributed by atoms with Crippen LogP contribution in [0.2, 0.25) is 0 Å². The van der Waals surface area contributed by atoms with Crippen LogP contribution in [0.5, 0.6) is 0 Å². The number of hydrazone groups is 1. The Morgan fingerprint density at radius 3 is 2.61 bits per heavy atom. The molecule has 2 fully saturated rings. The number of fused-ring (bicyclic) bond motifs is 1. The van der Waals surface area contributed by atoms with Gasteiger partial charge in [-0.2, -0.15) is 5.10 Å². The van der Waals surface area contributed by atoms with Crippen LogP contribution in [0.3, 0.4) is 0 Å². The molecule has 5 heterocycles. The van der Waals surface area contributed by atoms with Gasteiger partial charge in [0.15, 0.2) is 11.5 Å². The summed E-state index contributed by atoms with van der Waals surface area (Å²) in [6, 6.07) is 2.31. The number of anilines is 1. The van der Waals surface area contributed by atoms with E-state index >= 15 is 0 Å². The number of carbonyl (C=O) groups is 1. The van der Waals surface area contributed by atoms with E-state index in [9.17, 15) is 18.0 Å². The molecular formula is C23H23F3N9O+. The molecule has 0 radical (unpaired) electrons. The van der Waals surface area contributed by atoms with Crippen LogP contribution >= 0.6 is 0 Å². The zero-order valence-corrected chi connectivity index (χ0v) is 19.3. The summed E-state index contributed by atoms with van der Waals surface area (Å²) in [6.45, 7) is 2.33. The summed E-state index contributed by atoms with van der Waals surface area (Å²) in [7, 11) is 0. The first-order chi connectivity index (χ1) is 17.5. The zero-order chi connectivity index (χ0) is 24.8. The third-order valence-corrected chi connectivity index (χ3v) is 6.85. The Morgan fingerprint density at radius 2 is 1.83 bits per heavy atom. The van der Waals surface area contributed by atoms with E-state index in [-0.39, 0.29) is 17.9 Å². The number of rotatable bonds is 3. The summed E-state index contributed by atoms with van der Waals surface area (Å²) in [6.07, 6.45) is 4.89. The lowest BCUT2D eigenvalue weighted by Gasteiger charge is -2.37. The molecule has 2 atom stereocenters. The predicted octanol–water partition coefficient (Wildman–Crippen LogP) is 2.91. The summed E-state index contributed by atoms with van der Waals surface area (Å²) in [5, 5.41) is 13.8. The second-order valence-corrected chi connectivity index (χ2v) is 9.08. The molecule has 1 unspecified atom stereocenters. The van der Waals surface area contributed by atoms with E-state index in [0.29, 0.717) is 49.9 Å². The molecule has 0 saturated carbocycles. The lowest BCUT2D eigenvalue weighted by atomic mass is 10.0. The van der Waals surface area contributed by atoms with Crippen molar-refractivity contribution >= 4 is 24.0 Å². The average molecular weight is 498 g/mol. The Morgan fingerprint density at radius 1 is 1.06 bits per heavy atom. The highest BCUT2D eigenvalue weighted by molar-refractivity contribution is 5.94. The Bertz CT molecular complexity index is 1290. The largest absolute Gasteiger partial charge is 0.376 e. The van der Waals surface area contributed by atoms with Crippen molar-refractivity contribution in [3.05, 3.63) is 53.1 Å². The number of carbonyl (C=O) groups excluding carboxylic acids is 1. The average Bonchev–Trinajstić information content (AvgIpc) is 3.61. The molecule has 0 bridgehead atoms. The maximum atomic E-state index is 14.6. The Kier molecular flexibility index (Phi) is 5.61. The fourth-order valence-electron chi connectivity index (χ4n) is 5.03. The van der Waals surface area contributed by atoms with Crippen LogP contribution in [-0.2, 0) is 0 Å². The van der Waals surface area contributed by atoms with Crippen molar-refractivity contribution in [1.82, 2.24) is 19.9 Å². The third kappa shape index (κ3) is 3.97. The number of urea groups is 1. The number of benzene rings is 1. The van der Waals surface area contributed by atoms with Crippen molar-refractivity contribution in [2.24, 2.45) is 15.3 Å². The van der Waals surface area contributed by atoms with E-state index in [1.54, 1.807) is 11.1 Å². The molecule has 2 saturated heterocycles. The van der Waals surface area contributed by atoms with Gasteiger partial charge in [0, 0.05) is 51.3 Å². The Hall–Kier alpha value is -3.90. The number of halogens is 3. The van der Waals surface area contributed by atoms with Crippen LogP contribution in [0.25, 0.3) is 0 Å². The van der Waals surface area contributed by atoms with E-state index in [1.165, 1.54) is 17.1 Å². The maximum Gasteiger partial charge on any atom is 0.376 e. The number of hydrogen-bond acceptors (Lipinski definition) is 7. The quantitative estimate of drug-likeness (QED) is 0.609.